The maximum Gasteiger partial charge on any atom is 0.345 e. The standard InChI is InChI=1S/C23H17ClFN3O5/c1-32-20-12-14(6-11-19(20)33-23(31)17-4-2-3-5-18(17)24)13-26-28-22(30)21(29)27-16-9-7-15(25)8-10-16/h2-13H,1H3,(H,27,29)(H,28,30). The molecule has 10 heteroatoms. The molecule has 8 nitrogen and oxygen atoms in total. The predicted octanol–water partition coefficient (Wildman–Crippen LogP) is 3.80. The van der Waals surface area contributed by atoms with Crippen LogP contribution in [0.2, 0.25) is 5.02 Å². The topological polar surface area (TPSA) is 106 Å². The summed E-state index contributed by atoms with van der Waals surface area (Å²) in [5.74, 6) is -2.73. The molecule has 0 bridgehead atoms. The average molecular weight is 470 g/mol. The van der Waals surface area contributed by atoms with Crippen molar-refractivity contribution in [1.82, 2.24) is 5.43 Å². The van der Waals surface area contributed by atoms with E-state index >= 15 is 0 Å². The van der Waals surface area contributed by atoms with Crippen LogP contribution in [-0.2, 0) is 9.59 Å². The fourth-order valence-corrected chi connectivity index (χ4v) is 2.78. The summed E-state index contributed by atoms with van der Waals surface area (Å²) in [5, 5.41) is 6.28. The molecule has 2 N–H and O–H groups in total. The van der Waals surface area contributed by atoms with Crippen molar-refractivity contribution in [2.75, 3.05) is 12.4 Å². The Morgan fingerprint density at radius 3 is 2.39 bits per heavy atom. The number of carbonyl (C=O) groups excluding carboxylic acids is 3. The molecule has 0 unspecified atom stereocenters. The first-order chi connectivity index (χ1) is 15.9. The van der Waals surface area contributed by atoms with Crippen molar-refractivity contribution in [1.29, 1.82) is 0 Å². The maximum absolute atomic E-state index is 12.9. The highest BCUT2D eigenvalue weighted by Gasteiger charge is 2.16. The number of anilines is 1. The fraction of sp³-hybridized carbons (Fsp3) is 0.0435. The molecule has 0 aliphatic heterocycles. The van der Waals surface area contributed by atoms with Gasteiger partial charge in [-0.05, 0) is 60.2 Å². The van der Waals surface area contributed by atoms with Gasteiger partial charge in [-0.15, -0.1) is 0 Å². The molecule has 0 aliphatic rings. The summed E-state index contributed by atoms with van der Waals surface area (Å²) in [5.41, 5.74) is 3.03. The van der Waals surface area contributed by atoms with E-state index in [9.17, 15) is 18.8 Å². The summed E-state index contributed by atoms with van der Waals surface area (Å²) in [6.07, 6.45) is 1.27. The molecule has 0 saturated heterocycles. The Kier molecular flexibility index (Phi) is 7.72. The average Bonchev–Trinajstić information content (AvgIpc) is 2.81. The molecule has 2 amide bonds. The molecule has 0 saturated carbocycles. The number of halogens is 2. The highest BCUT2D eigenvalue weighted by molar-refractivity contribution is 6.39. The minimum absolute atomic E-state index is 0.155. The predicted molar refractivity (Wildman–Crippen MR) is 120 cm³/mol. The number of rotatable bonds is 6. The van der Waals surface area contributed by atoms with Gasteiger partial charge in [0.05, 0.1) is 23.9 Å². The molecule has 0 spiro atoms. The fourth-order valence-electron chi connectivity index (χ4n) is 2.57. The molecule has 0 atom stereocenters. The summed E-state index contributed by atoms with van der Waals surface area (Å²) in [6, 6.07) is 15.9. The highest BCUT2D eigenvalue weighted by atomic mass is 35.5. The third kappa shape index (κ3) is 6.37. The third-order valence-electron chi connectivity index (χ3n) is 4.17. The lowest BCUT2D eigenvalue weighted by Crippen LogP contribution is -2.32. The molecule has 168 valence electrons. The van der Waals surface area contributed by atoms with Crippen LogP contribution in [-0.4, -0.2) is 31.1 Å². The van der Waals surface area contributed by atoms with Gasteiger partial charge in [0.2, 0.25) is 0 Å². The van der Waals surface area contributed by atoms with Gasteiger partial charge in [0.15, 0.2) is 11.5 Å². The molecule has 0 fully saturated rings. The van der Waals surface area contributed by atoms with Crippen LogP contribution in [0.25, 0.3) is 0 Å². The van der Waals surface area contributed by atoms with E-state index in [1.807, 2.05) is 0 Å². The van der Waals surface area contributed by atoms with Crippen molar-refractivity contribution in [2.24, 2.45) is 5.10 Å². The molecule has 3 aromatic carbocycles. The minimum atomic E-state index is -1.02. The molecule has 0 heterocycles. The van der Waals surface area contributed by atoms with Crippen LogP contribution in [0.4, 0.5) is 10.1 Å². The van der Waals surface area contributed by atoms with Gasteiger partial charge in [-0.3, -0.25) is 9.59 Å². The van der Waals surface area contributed by atoms with E-state index in [4.69, 9.17) is 21.1 Å². The van der Waals surface area contributed by atoms with Gasteiger partial charge >= 0.3 is 17.8 Å². The Labute approximate surface area is 193 Å². The quantitative estimate of drug-likeness (QED) is 0.188. The summed E-state index contributed by atoms with van der Waals surface area (Å²) >= 11 is 6.01. The van der Waals surface area contributed by atoms with Crippen LogP contribution in [0.5, 0.6) is 11.5 Å². The van der Waals surface area contributed by atoms with Crippen molar-refractivity contribution < 1.29 is 28.2 Å². The van der Waals surface area contributed by atoms with Crippen LogP contribution < -0.4 is 20.2 Å². The molecule has 3 rings (SSSR count). The molecular formula is C23H17ClFN3O5. The molecular weight excluding hydrogens is 453 g/mol. The summed E-state index contributed by atoms with van der Waals surface area (Å²) in [7, 11) is 1.39. The number of nitrogens with one attached hydrogen (secondary N) is 2. The molecule has 0 aliphatic carbocycles. The molecule has 3 aromatic rings. The second-order valence-electron chi connectivity index (χ2n) is 6.44. The number of hydrogen-bond acceptors (Lipinski definition) is 6. The number of amides is 2. The lowest BCUT2D eigenvalue weighted by molar-refractivity contribution is -0.136. The largest absolute Gasteiger partial charge is 0.493 e. The van der Waals surface area contributed by atoms with E-state index < -0.39 is 23.6 Å². The number of hydrogen-bond donors (Lipinski definition) is 2. The first kappa shape index (κ1) is 23.4. The second-order valence-corrected chi connectivity index (χ2v) is 6.85. The van der Waals surface area contributed by atoms with Crippen molar-refractivity contribution in [3.8, 4) is 11.5 Å². The smallest absolute Gasteiger partial charge is 0.345 e. The summed E-state index contributed by atoms with van der Waals surface area (Å²) < 4.78 is 23.5. The third-order valence-corrected chi connectivity index (χ3v) is 4.50. The monoisotopic (exact) mass is 469 g/mol. The number of hydrazone groups is 1. The van der Waals surface area contributed by atoms with E-state index in [1.165, 1.54) is 43.7 Å². The van der Waals surface area contributed by atoms with E-state index in [0.29, 0.717) is 5.56 Å². The second kappa shape index (κ2) is 10.9. The summed E-state index contributed by atoms with van der Waals surface area (Å²) in [4.78, 5) is 36.1. The minimum Gasteiger partial charge on any atom is -0.493 e. The number of methoxy groups -OCH3 is 1. The lowest BCUT2D eigenvalue weighted by Gasteiger charge is -2.10. The van der Waals surface area contributed by atoms with Crippen molar-refractivity contribution in [2.45, 2.75) is 0 Å². The maximum atomic E-state index is 12.9. The zero-order chi connectivity index (χ0) is 23.8. The van der Waals surface area contributed by atoms with Crippen molar-refractivity contribution in [3.05, 3.63) is 88.7 Å². The first-order valence-electron chi connectivity index (χ1n) is 9.42. The number of nitrogens with zero attached hydrogens (tertiary/aromatic N) is 1. The lowest BCUT2D eigenvalue weighted by atomic mass is 10.2. The van der Waals surface area contributed by atoms with Gasteiger partial charge in [0, 0.05) is 5.69 Å². The molecule has 0 aromatic heterocycles. The normalized spacial score (nSPS) is 10.5. The van der Waals surface area contributed by atoms with E-state index in [2.05, 4.69) is 15.8 Å². The molecule has 33 heavy (non-hydrogen) atoms. The Hall–Kier alpha value is -4.24. The van der Waals surface area contributed by atoms with Gasteiger partial charge in [0.25, 0.3) is 0 Å². The van der Waals surface area contributed by atoms with Crippen LogP contribution in [0.15, 0.2) is 71.8 Å². The SMILES string of the molecule is COc1cc(C=NNC(=O)C(=O)Nc2ccc(F)cc2)ccc1OC(=O)c1ccccc1Cl. The van der Waals surface area contributed by atoms with Gasteiger partial charge in [-0.1, -0.05) is 23.7 Å². The van der Waals surface area contributed by atoms with E-state index in [0.717, 1.165) is 12.1 Å². The van der Waals surface area contributed by atoms with Crippen LogP contribution >= 0.6 is 11.6 Å². The first-order valence-corrected chi connectivity index (χ1v) is 9.80. The van der Waals surface area contributed by atoms with Crippen LogP contribution in [0, 0.1) is 5.82 Å². The zero-order valence-electron chi connectivity index (χ0n) is 17.2. The number of ether oxygens (including phenoxy) is 2. The Morgan fingerprint density at radius 1 is 0.970 bits per heavy atom. The summed E-state index contributed by atoms with van der Waals surface area (Å²) in [6.45, 7) is 0. The van der Waals surface area contributed by atoms with Crippen LogP contribution in [0.1, 0.15) is 15.9 Å². The zero-order valence-corrected chi connectivity index (χ0v) is 17.9. The van der Waals surface area contributed by atoms with Gasteiger partial charge in [-0.25, -0.2) is 14.6 Å². The number of esters is 1. The van der Waals surface area contributed by atoms with Gasteiger partial charge in [-0.2, -0.15) is 5.10 Å². The Balaban J connectivity index is 1.61. The van der Waals surface area contributed by atoms with E-state index in [-0.39, 0.29) is 27.8 Å². The van der Waals surface area contributed by atoms with Crippen LogP contribution in [0.3, 0.4) is 0 Å². The van der Waals surface area contributed by atoms with Crippen molar-refractivity contribution in [3.63, 3.8) is 0 Å². The Bertz CT molecular complexity index is 1210. The van der Waals surface area contributed by atoms with Gasteiger partial charge < -0.3 is 14.8 Å². The number of benzene rings is 3. The molecule has 0 radical (unpaired) electrons. The highest BCUT2D eigenvalue weighted by Crippen LogP contribution is 2.29. The van der Waals surface area contributed by atoms with E-state index in [1.54, 1.807) is 24.3 Å². The Morgan fingerprint density at radius 2 is 1.70 bits per heavy atom. The van der Waals surface area contributed by atoms with Crippen molar-refractivity contribution >= 4 is 41.3 Å². The van der Waals surface area contributed by atoms with Gasteiger partial charge in [0.1, 0.15) is 5.82 Å². The number of carbonyl (C=O) groups is 3.